The van der Waals surface area contributed by atoms with Crippen molar-refractivity contribution in [2.45, 2.75) is 26.2 Å². The molecule has 0 saturated heterocycles. The summed E-state index contributed by atoms with van der Waals surface area (Å²) >= 11 is 5.87. The van der Waals surface area contributed by atoms with Crippen LogP contribution < -0.4 is 11.1 Å². The normalized spacial score (nSPS) is 12.0. The maximum atomic E-state index is 12.3. The molecule has 2 aromatic carbocycles. The smallest absolute Gasteiger partial charge is 0.255 e. The number of halogens is 1. The third kappa shape index (κ3) is 3.56. The first-order valence-electron chi connectivity index (χ1n) is 6.98. The fourth-order valence-corrected chi connectivity index (χ4v) is 2.26. The van der Waals surface area contributed by atoms with Crippen LogP contribution in [0.25, 0.3) is 0 Å². The van der Waals surface area contributed by atoms with Gasteiger partial charge in [-0.2, -0.15) is 0 Å². The second kappa shape index (κ2) is 6.64. The molecule has 1 atom stereocenters. The highest BCUT2D eigenvalue weighted by molar-refractivity contribution is 6.33. The maximum absolute atomic E-state index is 12.3. The minimum absolute atomic E-state index is 0.186. The molecule has 21 heavy (non-hydrogen) atoms. The van der Waals surface area contributed by atoms with E-state index in [1.807, 2.05) is 24.3 Å². The first-order valence-corrected chi connectivity index (χ1v) is 7.36. The van der Waals surface area contributed by atoms with Crippen molar-refractivity contribution in [3.63, 3.8) is 0 Å². The molecule has 0 aliphatic heterocycles. The number of rotatable bonds is 4. The minimum atomic E-state index is -0.186. The largest absolute Gasteiger partial charge is 0.398 e. The molecule has 4 heteroatoms. The van der Waals surface area contributed by atoms with Gasteiger partial charge in [0.15, 0.2) is 0 Å². The monoisotopic (exact) mass is 302 g/mol. The van der Waals surface area contributed by atoms with Gasteiger partial charge in [-0.05, 0) is 42.2 Å². The third-order valence-electron chi connectivity index (χ3n) is 3.61. The van der Waals surface area contributed by atoms with Crippen molar-refractivity contribution < 1.29 is 4.79 Å². The van der Waals surface area contributed by atoms with Crippen LogP contribution in [0.5, 0.6) is 0 Å². The van der Waals surface area contributed by atoms with Crippen LogP contribution in [0.2, 0.25) is 5.02 Å². The van der Waals surface area contributed by atoms with Gasteiger partial charge in [-0.15, -0.1) is 0 Å². The summed E-state index contributed by atoms with van der Waals surface area (Å²) in [5, 5.41) is 3.40. The highest BCUT2D eigenvalue weighted by Gasteiger charge is 2.13. The molecule has 0 saturated carbocycles. The summed E-state index contributed by atoms with van der Waals surface area (Å²) in [5.41, 5.74) is 8.61. The fourth-order valence-electron chi connectivity index (χ4n) is 2.14. The Morgan fingerprint density at radius 2 is 2.00 bits per heavy atom. The number of benzene rings is 2. The van der Waals surface area contributed by atoms with Crippen molar-refractivity contribution in [3.8, 4) is 0 Å². The van der Waals surface area contributed by atoms with Crippen molar-refractivity contribution >= 4 is 28.9 Å². The molecular formula is C17H19ClN2O. The fraction of sp³-hybridized carbons (Fsp3) is 0.235. The van der Waals surface area contributed by atoms with E-state index in [2.05, 4.69) is 19.2 Å². The van der Waals surface area contributed by atoms with E-state index >= 15 is 0 Å². The molecule has 2 aromatic rings. The molecule has 0 aromatic heterocycles. The number of para-hydroxylation sites is 1. The lowest BCUT2D eigenvalue weighted by Gasteiger charge is -2.15. The van der Waals surface area contributed by atoms with Crippen molar-refractivity contribution in [2.75, 3.05) is 11.1 Å². The van der Waals surface area contributed by atoms with Crippen LogP contribution in [0.15, 0.2) is 42.5 Å². The van der Waals surface area contributed by atoms with Gasteiger partial charge in [0.25, 0.3) is 5.91 Å². The Morgan fingerprint density at radius 1 is 1.29 bits per heavy atom. The summed E-state index contributed by atoms with van der Waals surface area (Å²) < 4.78 is 0. The average Bonchev–Trinajstić information content (AvgIpc) is 2.49. The van der Waals surface area contributed by atoms with Crippen LogP contribution in [0.1, 0.15) is 42.1 Å². The van der Waals surface area contributed by atoms with Gasteiger partial charge in [0.2, 0.25) is 0 Å². The summed E-state index contributed by atoms with van der Waals surface area (Å²) in [5.74, 6) is 0.200. The molecule has 0 radical (unpaired) electrons. The minimum Gasteiger partial charge on any atom is -0.398 e. The summed E-state index contributed by atoms with van der Waals surface area (Å²) in [6.45, 7) is 4.27. The Bertz CT molecular complexity index is 655. The number of hydrogen-bond acceptors (Lipinski definition) is 2. The number of carbonyl (C=O) groups excluding carboxylic acids is 1. The van der Waals surface area contributed by atoms with Gasteiger partial charge < -0.3 is 11.1 Å². The molecule has 0 fully saturated rings. The molecule has 3 N–H and O–H groups in total. The number of nitrogens with two attached hydrogens (primary N) is 1. The predicted octanol–water partition coefficient (Wildman–Crippen LogP) is 4.69. The van der Waals surface area contributed by atoms with Crippen LogP contribution >= 0.6 is 11.6 Å². The number of amides is 1. The molecular weight excluding hydrogens is 284 g/mol. The predicted molar refractivity (Wildman–Crippen MR) is 89.0 cm³/mol. The molecule has 0 aliphatic rings. The van der Waals surface area contributed by atoms with Gasteiger partial charge in [-0.3, -0.25) is 4.79 Å². The summed E-state index contributed by atoms with van der Waals surface area (Å²) in [4.78, 5) is 12.3. The molecule has 0 unspecified atom stereocenters. The Labute approximate surface area is 130 Å². The van der Waals surface area contributed by atoms with Gasteiger partial charge >= 0.3 is 0 Å². The van der Waals surface area contributed by atoms with Gasteiger partial charge in [-0.1, -0.05) is 43.6 Å². The molecule has 110 valence electrons. The van der Waals surface area contributed by atoms with Crippen molar-refractivity contribution in [1.82, 2.24) is 0 Å². The molecule has 1 amide bonds. The van der Waals surface area contributed by atoms with Gasteiger partial charge in [0.1, 0.15) is 0 Å². The lowest BCUT2D eigenvalue weighted by molar-refractivity contribution is 0.102. The van der Waals surface area contributed by atoms with E-state index in [0.717, 1.165) is 17.7 Å². The zero-order valence-electron chi connectivity index (χ0n) is 12.2. The molecule has 2 rings (SSSR count). The SMILES string of the molecule is CC[C@@H](C)c1ccccc1NC(=O)c1ccc(Cl)c(N)c1. The van der Waals surface area contributed by atoms with Gasteiger partial charge in [0.05, 0.1) is 10.7 Å². The standard InChI is InChI=1S/C17H19ClN2O/c1-3-11(2)13-6-4-5-7-16(13)20-17(21)12-8-9-14(18)15(19)10-12/h4-11H,3,19H2,1-2H3,(H,20,21)/t11-/m1/s1. The lowest BCUT2D eigenvalue weighted by Crippen LogP contribution is -2.14. The van der Waals surface area contributed by atoms with Crippen LogP contribution in [0.3, 0.4) is 0 Å². The van der Waals surface area contributed by atoms with E-state index in [-0.39, 0.29) is 5.91 Å². The van der Waals surface area contributed by atoms with Crippen LogP contribution in [0, 0.1) is 0 Å². The maximum Gasteiger partial charge on any atom is 0.255 e. The van der Waals surface area contributed by atoms with E-state index in [9.17, 15) is 4.79 Å². The number of nitrogens with one attached hydrogen (secondary N) is 1. The second-order valence-electron chi connectivity index (χ2n) is 5.09. The first-order chi connectivity index (χ1) is 10.0. The summed E-state index contributed by atoms with van der Waals surface area (Å²) in [6.07, 6.45) is 1.01. The summed E-state index contributed by atoms with van der Waals surface area (Å²) in [7, 11) is 0. The van der Waals surface area contributed by atoms with Gasteiger partial charge in [-0.25, -0.2) is 0 Å². The van der Waals surface area contributed by atoms with Crippen molar-refractivity contribution in [2.24, 2.45) is 0 Å². The molecule has 3 nitrogen and oxygen atoms in total. The van der Waals surface area contributed by atoms with Crippen molar-refractivity contribution in [3.05, 3.63) is 58.6 Å². The number of anilines is 2. The Kier molecular flexibility index (Phi) is 4.86. The Hall–Kier alpha value is -2.00. The second-order valence-corrected chi connectivity index (χ2v) is 5.49. The van der Waals surface area contributed by atoms with E-state index < -0.39 is 0 Å². The quantitative estimate of drug-likeness (QED) is 0.805. The highest BCUT2D eigenvalue weighted by Crippen LogP contribution is 2.27. The van der Waals surface area contributed by atoms with E-state index in [4.69, 9.17) is 17.3 Å². The van der Waals surface area contributed by atoms with E-state index in [0.29, 0.717) is 22.2 Å². The molecule has 0 heterocycles. The van der Waals surface area contributed by atoms with Crippen LogP contribution in [0.4, 0.5) is 11.4 Å². The zero-order chi connectivity index (χ0) is 15.4. The van der Waals surface area contributed by atoms with E-state index in [1.165, 1.54) is 0 Å². The number of hydrogen-bond donors (Lipinski definition) is 2. The molecule has 0 aliphatic carbocycles. The number of carbonyl (C=O) groups is 1. The topological polar surface area (TPSA) is 55.1 Å². The Morgan fingerprint density at radius 3 is 2.67 bits per heavy atom. The average molecular weight is 303 g/mol. The van der Waals surface area contributed by atoms with E-state index in [1.54, 1.807) is 18.2 Å². The molecule has 0 spiro atoms. The summed E-state index contributed by atoms with van der Waals surface area (Å²) in [6, 6.07) is 12.7. The Balaban J connectivity index is 2.25. The van der Waals surface area contributed by atoms with Crippen molar-refractivity contribution in [1.29, 1.82) is 0 Å². The van der Waals surface area contributed by atoms with Gasteiger partial charge in [0, 0.05) is 11.3 Å². The zero-order valence-corrected chi connectivity index (χ0v) is 12.9. The van der Waals surface area contributed by atoms with Crippen LogP contribution in [-0.2, 0) is 0 Å². The van der Waals surface area contributed by atoms with Crippen LogP contribution in [-0.4, -0.2) is 5.91 Å². The highest BCUT2D eigenvalue weighted by atomic mass is 35.5. The number of nitrogen functional groups attached to an aromatic ring is 1. The third-order valence-corrected chi connectivity index (χ3v) is 3.95. The lowest BCUT2D eigenvalue weighted by atomic mass is 9.97. The first kappa shape index (κ1) is 15.4. The molecule has 0 bridgehead atoms.